The molecule has 1 aromatic carbocycles. The first-order chi connectivity index (χ1) is 10.1. The third-order valence-electron chi connectivity index (χ3n) is 3.58. The lowest BCUT2D eigenvalue weighted by Gasteiger charge is -2.29. The number of hydrogen-bond acceptors (Lipinski definition) is 5. The van der Waals surface area contributed by atoms with Gasteiger partial charge in [0.1, 0.15) is 19.0 Å². The second kappa shape index (κ2) is 6.16. The van der Waals surface area contributed by atoms with Crippen LogP contribution in [-0.4, -0.2) is 18.3 Å². The van der Waals surface area contributed by atoms with Gasteiger partial charge in [-0.05, 0) is 34.1 Å². The monoisotopic (exact) mass is 310 g/mol. The quantitative estimate of drug-likeness (QED) is 0.797. The molecule has 2 rings (SSSR count). The van der Waals surface area contributed by atoms with Gasteiger partial charge in [-0.3, -0.25) is 0 Å². The first kappa shape index (κ1) is 17.2. The summed E-state index contributed by atoms with van der Waals surface area (Å²) in [7, 11) is 0. The van der Waals surface area contributed by atoms with Gasteiger partial charge >= 0.3 is 0 Å². The molecule has 124 valence electrons. The zero-order chi connectivity index (χ0) is 16.5. The van der Waals surface area contributed by atoms with Crippen LogP contribution in [0, 0.1) is 0 Å². The van der Waals surface area contributed by atoms with Crippen molar-refractivity contribution in [2.45, 2.75) is 58.7 Å². The fraction of sp³-hybridized carbons (Fsp3) is 0.647. The van der Waals surface area contributed by atoms with Crippen molar-refractivity contribution in [3.63, 3.8) is 0 Å². The Kier molecular flexibility index (Phi) is 4.82. The van der Waals surface area contributed by atoms with E-state index in [1.54, 1.807) is 0 Å². The lowest BCUT2D eigenvalue weighted by atomic mass is 9.78. The number of rotatable bonds is 1. The van der Waals surface area contributed by atoms with Gasteiger partial charge in [0.15, 0.2) is 0 Å². The largest absolute Gasteiger partial charge is 0.507 e. The SMILES string of the molecule is CC(C)(C)c1cc(C2OOCCOO2)cc(C(C)(C)C)c1O. The summed E-state index contributed by atoms with van der Waals surface area (Å²) in [6.45, 7) is 13.0. The molecule has 5 heteroatoms. The van der Waals surface area contributed by atoms with Crippen molar-refractivity contribution in [2.75, 3.05) is 13.2 Å². The Morgan fingerprint density at radius 1 is 0.864 bits per heavy atom. The van der Waals surface area contributed by atoms with E-state index >= 15 is 0 Å². The van der Waals surface area contributed by atoms with E-state index in [2.05, 4.69) is 41.5 Å². The van der Waals surface area contributed by atoms with E-state index < -0.39 is 6.29 Å². The van der Waals surface area contributed by atoms with Crippen molar-refractivity contribution in [1.29, 1.82) is 0 Å². The van der Waals surface area contributed by atoms with Gasteiger partial charge < -0.3 is 5.11 Å². The highest BCUT2D eigenvalue weighted by molar-refractivity contribution is 5.50. The van der Waals surface area contributed by atoms with E-state index in [1.807, 2.05) is 12.1 Å². The first-order valence-electron chi connectivity index (χ1n) is 7.55. The Hall–Kier alpha value is -1.14. The highest BCUT2D eigenvalue weighted by atomic mass is 17.3. The van der Waals surface area contributed by atoms with Gasteiger partial charge in [0.2, 0.25) is 6.29 Å². The van der Waals surface area contributed by atoms with Crippen LogP contribution in [0.2, 0.25) is 0 Å². The Bertz CT molecular complexity index is 482. The van der Waals surface area contributed by atoms with E-state index in [9.17, 15) is 5.11 Å². The Morgan fingerprint density at radius 3 is 1.64 bits per heavy atom. The molecule has 1 N–H and O–H groups in total. The molecule has 1 heterocycles. The molecular formula is C17H26O5. The zero-order valence-electron chi connectivity index (χ0n) is 14.2. The predicted molar refractivity (Wildman–Crippen MR) is 82.3 cm³/mol. The van der Waals surface area contributed by atoms with Crippen LogP contribution in [0.5, 0.6) is 5.75 Å². The average Bonchev–Trinajstić information content (AvgIpc) is 2.65. The maximum atomic E-state index is 10.7. The lowest BCUT2D eigenvalue weighted by molar-refractivity contribution is -0.430. The highest BCUT2D eigenvalue weighted by Crippen LogP contribution is 2.41. The standard InChI is InChI=1S/C17H26O5/c1-16(2,3)12-9-11(15-21-19-7-8-20-22-15)10-13(14(12)18)17(4,5)6/h9-10,15,18H,7-8H2,1-6H3. The van der Waals surface area contributed by atoms with Gasteiger partial charge in [-0.15, -0.1) is 0 Å². The zero-order valence-corrected chi connectivity index (χ0v) is 14.2. The summed E-state index contributed by atoms with van der Waals surface area (Å²) in [6.07, 6.45) is -0.773. The van der Waals surface area contributed by atoms with Gasteiger partial charge in [0, 0.05) is 5.56 Å². The molecule has 22 heavy (non-hydrogen) atoms. The van der Waals surface area contributed by atoms with Gasteiger partial charge in [0.25, 0.3) is 0 Å². The molecule has 1 aromatic rings. The molecule has 0 radical (unpaired) electrons. The number of hydrogen-bond donors (Lipinski definition) is 1. The van der Waals surface area contributed by atoms with Crippen molar-refractivity contribution >= 4 is 0 Å². The van der Waals surface area contributed by atoms with Crippen LogP contribution in [-0.2, 0) is 30.4 Å². The maximum absolute atomic E-state index is 10.7. The Morgan fingerprint density at radius 2 is 1.27 bits per heavy atom. The molecule has 0 aliphatic carbocycles. The van der Waals surface area contributed by atoms with Crippen LogP contribution in [0.1, 0.15) is 64.5 Å². The number of aromatic hydroxyl groups is 1. The second-order valence-electron chi connectivity index (χ2n) is 7.63. The minimum atomic E-state index is -0.773. The molecule has 0 spiro atoms. The topological polar surface area (TPSA) is 57.2 Å². The summed E-state index contributed by atoms with van der Waals surface area (Å²) >= 11 is 0. The maximum Gasteiger partial charge on any atom is 0.249 e. The average molecular weight is 310 g/mol. The summed E-state index contributed by atoms with van der Waals surface area (Å²) < 4.78 is 0. The normalized spacial score (nSPS) is 18.3. The predicted octanol–water partition coefficient (Wildman–Crippen LogP) is 3.90. The highest BCUT2D eigenvalue weighted by Gasteiger charge is 2.29. The fourth-order valence-electron chi connectivity index (χ4n) is 2.35. The molecule has 0 saturated carbocycles. The minimum absolute atomic E-state index is 0.216. The molecule has 1 aliphatic rings. The van der Waals surface area contributed by atoms with E-state index in [0.717, 1.165) is 16.7 Å². The summed E-state index contributed by atoms with van der Waals surface area (Å²) in [5.41, 5.74) is 2.01. The van der Waals surface area contributed by atoms with Crippen molar-refractivity contribution in [3.8, 4) is 5.75 Å². The number of phenols is 1. The molecule has 0 amide bonds. The fourth-order valence-corrected chi connectivity index (χ4v) is 2.35. The van der Waals surface area contributed by atoms with Gasteiger partial charge in [-0.2, -0.15) is 9.78 Å². The van der Waals surface area contributed by atoms with Crippen LogP contribution in [0.25, 0.3) is 0 Å². The van der Waals surface area contributed by atoms with E-state index in [4.69, 9.17) is 19.6 Å². The molecule has 1 aliphatic heterocycles. The van der Waals surface area contributed by atoms with Crippen LogP contribution in [0.4, 0.5) is 0 Å². The Labute approximate surface area is 132 Å². The van der Waals surface area contributed by atoms with E-state index in [-0.39, 0.29) is 10.8 Å². The molecule has 0 unspecified atom stereocenters. The van der Waals surface area contributed by atoms with Crippen LogP contribution >= 0.6 is 0 Å². The third-order valence-corrected chi connectivity index (χ3v) is 3.58. The summed E-state index contributed by atoms with van der Waals surface area (Å²) in [5, 5.41) is 10.7. The first-order valence-corrected chi connectivity index (χ1v) is 7.55. The van der Waals surface area contributed by atoms with E-state index in [1.165, 1.54) is 0 Å². The molecule has 0 aromatic heterocycles. The summed E-state index contributed by atoms with van der Waals surface area (Å²) in [6, 6.07) is 3.76. The second-order valence-corrected chi connectivity index (χ2v) is 7.63. The van der Waals surface area contributed by atoms with Crippen LogP contribution < -0.4 is 0 Å². The third kappa shape index (κ3) is 3.79. The smallest absolute Gasteiger partial charge is 0.249 e. The number of benzene rings is 1. The van der Waals surface area contributed by atoms with Crippen molar-refractivity contribution in [1.82, 2.24) is 0 Å². The van der Waals surface area contributed by atoms with Gasteiger partial charge in [0.05, 0.1) is 0 Å². The molecule has 1 fully saturated rings. The van der Waals surface area contributed by atoms with Crippen molar-refractivity contribution in [2.24, 2.45) is 0 Å². The molecule has 5 nitrogen and oxygen atoms in total. The minimum Gasteiger partial charge on any atom is -0.507 e. The number of phenolic OH excluding ortho intramolecular Hbond substituents is 1. The summed E-state index contributed by atoms with van der Waals surface area (Å²) in [4.78, 5) is 20.5. The van der Waals surface area contributed by atoms with E-state index in [0.29, 0.717) is 19.0 Å². The van der Waals surface area contributed by atoms with Crippen molar-refractivity contribution < 1.29 is 24.7 Å². The Balaban J connectivity index is 2.54. The summed E-state index contributed by atoms with van der Waals surface area (Å²) in [5.74, 6) is 0.319. The molecule has 0 bridgehead atoms. The van der Waals surface area contributed by atoms with Crippen LogP contribution in [0.3, 0.4) is 0 Å². The molecule has 1 saturated heterocycles. The van der Waals surface area contributed by atoms with Gasteiger partial charge in [-0.1, -0.05) is 41.5 Å². The van der Waals surface area contributed by atoms with Gasteiger partial charge in [-0.25, -0.2) is 9.78 Å². The van der Waals surface area contributed by atoms with Crippen LogP contribution in [0.15, 0.2) is 12.1 Å². The van der Waals surface area contributed by atoms with Crippen molar-refractivity contribution in [3.05, 3.63) is 28.8 Å². The lowest BCUT2D eigenvalue weighted by Crippen LogP contribution is -2.19. The molecular weight excluding hydrogens is 284 g/mol. The molecule has 0 atom stereocenters.